The van der Waals surface area contributed by atoms with Crippen LogP contribution in [0.1, 0.15) is 24.4 Å². The number of hydrogen-bond donors (Lipinski definition) is 3. The van der Waals surface area contributed by atoms with Crippen LogP contribution < -0.4 is 16.2 Å². The molecule has 2 unspecified atom stereocenters. The first-order valence-corrected chi connectivity index (χ1v) is 10.2. The minimum atomic E-state index is -3.38. The van der Waals surface area contributed by atoms with Gasteiger partial charge in [0.1, 0.15) is 11.9 Å². The zero-order chi connectivity index (χ0) is 18.0. The van der Waals surface area contributed by atoms with Crippen LogP contribution in [0.25, 0.3) is 0 Å². The summed E-state index contributed by atoms with van der Waals surface area (Å²) >= 11 is 0. The Labute approximate surface area is 147 Å². The minimum Gasteiger partial charge on any atom is -0.354 e. The molecule has 25 heavy (non-hydrogen) atoms. The Bertz CT molecular complexity index is 725. The highest BCUT2D eigenvalue weighted by atomic mass is 32.2. The van der Waals surface area contributed by atoms with E-state index in [9.17, 15) is 17.6 Å². The van der Waals surface area contributed by atoms with Gasteiger partial charge in [-0.2, -0.15) is 4.31 Å². The van der Waals surface area contributed by atoms with Crippen LogP contribution in [0.4, 0.5) is 4.39 Å². The summed E-state index contributed by atoms with van der Waals surface area (Å²) in [6, 6.07) is 5.59. The zero-order valence-electron chi connectivity index (χ0n) is 14.0. The van der Waals surface area contributed by atoms with Crippen LogP contribution in [0.3, 0.4) is 0 Å². The van der Waals surface area contributed by atoms with Crippen molar-refractivity contribution in [2.45, 2.75) is 24.9 Å². The van der Waals surface area contributed by atoms with Gasteiger partial charge in [-0.3, -0.25) is 10.2 Å². The molecule has 0 aromatic heterocycles. The quantitative estimate of drug-likeness (QED) is 0.686. The van der Waals surface area contributed by atoms with Crippen molar-refractivity contribution in [3.63, 3.8) is 0 Å². The molecule has 1 amide bonds. The maximum Gasteiger partial charge on any atom is 0.238 e. The van der Waals surface area contributed by atoms with Crippen LogP contribution in [0.2, 0.25) is 0 Å². The molecular weight excluding hydrogens is 347 g/mol. The van der Waals surface area contributed by atoms with Crippen molar-refractivity contribution in [1.82, 2.24) is 20.5 Å². The fraction of sp³-hybridized carbons (Fsp3) is 0.562. The molecule has 1 aromatic carbocycles. The van der Waals surface area contributed by atoms with Crippen LogP contribution in [0.5, 0.6) is 0 Å². The van der Waals surface area contributed by atoms with Gasteiger partial charge in [-0.15, -0.1) is 0 Å². The summed E-state index contributed by atoms with van der Waals surface area (Å²) in [4.78, 5) is 12.4. The lowest BCUT2D eigenvalue weighted by molar-refractivity contribution is -0.124. The van der Waals surface area contributed by atoms with E-state index in [1.54, 1.807) is 12.1 Å². The molecule has 3 N–H and O–H groups in total. The fourth-order valence-electron chi connectivity index (χ4n) is 3.50. The molecule has 1 aromatic rings. The maximum absolute atomic E-state index is 13.1. The third-order valence-corrected chi connectivity index (χ3v) is 6.08. The number of nitrogens with zero attached hydrogens (tertiary/aromatic N) is 1. The topological polar surface area (TPSA) is 90.5 Å². The lowest BCUT2D eigenvalue weighted by Crippen LogP contribution is -2.47. The number of nitrogens with one attached hydrogen (secondary N) is 3. The first-order valence-electron chi connectivity index (χ1n) is 8.34. The molecule has 3 rings (SSSR count). The number of halogens is 1. The first kappa shape index (κ1) is 18.2. The average molecular weight is 370 g/mol. The van der Waals surface area contributed by atoms with Crippen LogP contribution in [-0.2, 0) is 14.8 Å². The Morgan fingerprint density at radius 3 is 2.76 bits per heavy atom. The van der Waals surface area contributed by atoms with Gasteiger partial charge in [-0.25, -0.2) is 18.2 Å². The molecule has 2 heterocycles. The molecule has 0 radical (unpaired) electrons. The summed E-state index contributed by atoms with van der Waals surface area (Å²) in [6.45, 7) is 1.46. The fourth-order valence-corrected chi connectivity index (χ4v) is 4.62. The van der Waals surface area contributed by atoms with Crippen molar-refractivity contribution < 1.29 is 17.6 Å². The van der Waals surface area contributed by atoms with Gasteiger partial charge in [0.05, 0.1) is 12.3 Å². The number of carbonyl (C=O) groups is 1. The van der Waals surface area contributed by atoms with Gasteiger partial charge in [-0.1, -0.05) is 12.1 Å². The van der Waals surface area contributed by atoms with Crippen molar-refractivity contribution in [1.29, 1.82) is 0 Å². The summed E-state index contributed by atoms with van der Waals surface area (Å²) < 4.78 is 37.9. The van der Waals surface area contributed by atoms with Crippen molar-refractivity contribution in [3.05, 3.63) is 35.6 Å². The van der Waals surface area contributed by atoms with Crippen LogP contribution >= 0.6 is 0 Å². The average Bonchev–Trinajstić information content (AvgIpc) is 3.22. The molecule has 2 aliphatic rings. The van der Waals surface area contributed by atoms with Gasteiger partial charge in [0, 0.05) is 25.6 Å². The molecule has 3 atom stereocenters. The molecule has 7 nitrogen and oxygen atoms in total. The largest absolute Gasteiger partial charge is 0.354 e. The molecule has 2 aliphatic heterocycles. The van der Waals surface area contributed by atoms with Gasteiger partial charge < -0.3 is 5.32 Å². The Morgan fingerprint density at radius 1 is 1.36 bits per heavy atom. The second-order valence-electron chi connectivity index (χ2n) is 6.59. The van der Waals surface area contributed by atoms with Crippen LogP contribution in [-0.4, -0.2) is 50.6 Å². The molecule has 9 heteroatoms. The molecule has 0 saturated carbocycles. The molecule has 2 fully saturated rings. The number of sulfonamides is 1. The molecule has 0 aliphatic carbocycles. The highest BCUT2D eigenvalue weighted by Crippen LogP contribution is 2.25. The summed E-state index contributed by atoms with van der Waals surface area (Å²) in [5.74, 6) is -0.461. The predicted molar refractivity (Wildman–Crippen MR) is 91.4 cm³/mol. The summed E-state index contributed by atoms with van der Waals surface area (Å²) in [6.07, 6.45) is 2.37. The third kappa shape index (κ3) is 4.17. The Kier molecular flexibility index (Phi) is 5.38. The molecular formula is C16H23FN4O3S. The number of rotatable bonds is 5. The molecule has 2 saturated heterocycles. The monoisotopic (exact) mass is 370 g/mol. The van der Waals surface area contributed by atoms with E-state index in [0.29, 0.717) is 32.5 Å². The van der Waals surface area contributed by atoms with E-state index in [1.165, 1.54) is 16.4 Å². The Hall–Kier alpha value is -1.55. The number of benzene rings is 1. The molecule has 0 bridgehead atoms. The van der Waals surface area contributed by atoms with Gasteiger partial charge in [0.2, 0.25) is 15.9 Å². The second-order valence-corrected chi connectivity index (χ2v) is 8.53. The molecule has 0 spiro atoms. The van der Waals surface area contributed by atoms with E-state index in [0.717, 1.165) is 11.8 Å². The highest BCUT2D eigenvalue weighted by Gasteiger charge is 2.37. The maximum atomic E-state index is 13.1. The van der Waals surface area contributed by atoms with Crippen molar-refractivity contribution in [3.8, 4) is 0 Å². The van der Waals surface area contributed by atoms with Crippen molar-refractivity contribution >= 4 is 15.9 Å². The van der Waals surface area contributed by atoms with Gasteiger partial charge in [-0.05, 0) is 30.5 Å². The lowest BCUT2D eigenvalue weighted by Gasteiger charge is -2.23. The summed E-state index contributed by atoms with van der Waals surface area (Å²) in [5.41, 5.74) is 7.13. The predicted octanol–water partition coefficient (Wildman–Crippen LogP) is 0.131. The smallest absolute Gasteiger partial charge is 0.238 e. The van der Waals surface area contributed by atoms with Crippen molar-refractivity contribution in [2.75, 3.05) is 25.9 Å². The van der Waals surface area contributed by atoms with E-state index in [2.05, 4.69) is 16.2 Å². The summed E-state index contributed by atoms with van der Waals surface area (Å²) in [5, 5.41) is 2.88. The second kappa shape index (κ2) is 7.36. The van der Waals surface area contributed by atoms with Crippen LogP contribution in [0, 0.1) is 11.7 Å². The zero-order valence-corrected chi connectivity index (χ0v) is 14.9. The summed E-state index contributed by atoms with van der Waals surface area (Å²) in [7, 11) is -3.38. The van der Waals surface area contributed by atoms with E-state index >= 15 is 0 Å². The molecule has 138 valence electrons. The number of amides is 1. The van der Waals surface area contributed by atoms with Crippen molar-refractivity contribution in [2.24, 2.45) is 5.92 Å². The van der Waals surface area contributed by atoms with Gasteiger partial charge in [0.25, 0.3) is 0 Å². The lowest BCUT2D eigenvalue weighted by atomic mass is 9.95. The SMILES string of the molecule is CS(=O)(=O)N1CCC[C@H]1C(=O)NCC1CNNC1c1ccc(F)cc1. The number of hydrogen-bond acceptors (Lipinski definition) is 5. The van der Waals surface area contributed by atoms with Crippen LogP contribution in [0.15, 0.2) is 24.3 Å². The first-order chi connectivity index (χ1) is 11.9. The van der Waals surface area contributed by atoms with Gasteiger partial charge >= 0.3 is 0 Å². The van der Waals surface area contributed by atoms with E-state index in [-0.39, 0.29) is 23.7 Å². The Morgan fingerprint density at radius 2 is 2.08 bits per heavy atom. The highest BCUT2D eigenvalue weighted by molar-refractivity contribution is 7.88. The minimum absolute atomic E-state index is 0.0458. The normalized spacial score (nSPS) is 27.5. The third-order valence-electron chi connectivity index (χ3n) is 4.79. The standard InChI is InChI=1S/C16H23FN4O3S/c1-25(23,24)21-8-2-3-14(21)16(22)18-9-12-10-19-20-15(12)11-4-6-13(17)7-5-11/h4-7,12,14-15,19-20H,2-3,8-10H2,1H3,(H,18,22)/t12?,14-,15?/m0/s1. The Balaban J connectivity index is 1.60. The van der Waals surface area contributed by atoms with E-state index in [1.807, 2.05) is 0 Å². The number of hydrazine groups is 1. The number of carbonyl (C=O) groups excluding carboxylic acids is 1. The van der Waals surface area contributed by atoms with E-state index < -0.39 is 16.1 Å². The van der Waals surface area contributed by atoms with Gasteiger partial charge in [0.15, 0.2) is 0 Å². The van der Waals surface area contributed by atoms with E-state index in [4.69, 9.17) is 0 Å².